The molecule has 0 saturated heterocycles. The number of aromatic amines is 1. The minimum absolute atomic E-state index is 0.00337. The average molecular weight is 515 g/mol. The SMILES string of the molecule is Cc1ccc(S(=O)(=O)NC(CCCN=C(N)N[N+](=O)[O-])C(=O)Oc2c[nH]c(-c3ccccc3)c2)cc1. The van der Waals surface area contributed by atoms with Gasteiger partial charge in [0.2, 0.25) is 10.0 Å². The third-order valence-corrected chi connectivity index (χ3v) is 6.50. The van der Waals surface area contributed by atoms with Crippen LogP contribution in [0.2, 0.25) is 0 Å². The normalized spacial score (nSPS) is 12.6. The van der Waals surface area contributed by atoms with Crippen LogP contribution in [0.25, 0.3) is 11.3 Å². The summed E-state index contributed by atoms with van der Waals surface area (Å²) in [4.78, 5) is 30.2. The number of nitrogens with one attached hydrogen (secondary N) is 3. The molecule has 0 aliphatic rings. The number of benzene rings is 2. The largest absolute Gasteiger partial charge is 0.424 e. The van der Waals surface area contributed by atoms with Gasteiger partial charge in [-0.05, 0) is 37.5 Å². The number of nitrogens with two attached hydrogens (primary N) is 1. The van der Waals surface area contributed by atoms with E-state index in [1.54, 1.807) is 23.6 Å². The number of aryl methyl sites for hydroxylation is 1. The zero-order valence-corrected chi connectivity index (χ0v) is 20.2. The van der Waals surface area contributed by atoms with Crippen LogP contribution in [0, 0.1) is 17.0 Å². The Morgan fingerprint density at radius 2 is 1.89 bits per heavy atom. The predicted octanol–water partition coefficient (Wildman–Crippen LogP) is 2.12. The Kier molecular flexibility index (Phi) is 8.76. The van der Waals surface area contributed by atoms with Crippen molar-refractivity contribution in [1.29, 1.82) is 0 Å². The van der Waals surface area contributed by atoms with Crippen LogP contribution in [0.4, 0.5) is 0 Å². The standard InChI is InChI=1S/C23H26N6O6S/c1-16-9-11-19(12-10-16)36(33,34)28-20(8-5-13-25-23(24)27-29(31)32)22(30)35-18-14-21(26-15-18)17-6-3-2-4-7-17/h2-4,6-7,9-12,14-15,20,26,28H,5,8,13H2,1H3,(H3,24,25,27). The highest BCUT2D eigenvalue weighted by molar-refractivity contribution is 7.89. The Morgan fingerprint density at radius 1 is 1.19 bits per heavy atom. The second kappa shape index (κ2) is 12.0. The number of esters is 1. The lowest BCUT2D eigenvalue weighted by molar-refractivity contribution is -0.525. The molecule has 1 aromatic heterocycles. The van der Waals surface area contributed by atoms with Gasteiger partial charge < -0.3 is 15.5 Å². The van der Waals surface area contributed by atoms with Crippen molar-refractivity contribution < 1.29 is 23.0 Å². The van der Waals surface area contributed by atoms with Crippen LogP contribution in [-0.4, -0.2) is 42.9 Å². The number of carbonyl (C=O) groups excluding carboxylic acids is 1. The van der Waals surface area contributed by atoms with Gasteiger partial charge in [0.25, 0.3) is 5.96 Å². The molecule has 0 amide bonds. The number of hydrazine groups is 1. The molecular formula is C23H26N6O6S. The first kappa shape index (κ1) is 26.4. The fourth-order valence-corrected chi connectivity index (χ4v) is 4.45. The molecule has 0 aliphatic carbocycles. The maximum absolute atomic E-state index is 13.0. The molecule has 0 saturated carbocycles. The van der Waals surface area contributed by atoms with Gasteiger partial charge in [0.1, 0.15) is 11.8 Å². The summed E-state index contributed by atoms with van der Waals surface area (Å²) in [6, 6.07) is 15.9. The maximum Gasteiger partial charge on any atom is 0.329 e. The smallest absolute Gasteiger partial charge is 0.329 e. The molecule has 0 spiro atoms. The van der Waals surface area contributed by atoms with Crippen molar-refractivity contribution in [2.75, 3.05) is 6.54 Å². The highest BCUT2D eigenvalue weighted by Gasteiger charge is 2.27. The molecule has 0 fully saturated rings. The number of sulfonamides is 1. The van der Waals surface area contributed by atoms with E-state index in [2.05, 4.69) is 14.7 Å². The maximum atomic E-state index is 13.0. The molecule has 1 atom stereocenters. The number of hydrogen-bond donors (Lipinski definition) is 4. The van der Waals surface area contributed by atoms with Crippen LogP contribution < -0.4 is 20.6 Å². The lowest BCUT2D eigenvalue weighted by atomic mass is 10.1. The van der Waals surface area contributed by atoms with Gasteiger partial charge in [-0.3, -0.25) is 0 Å². The van der Waals surface area contributed by atoms with Gasteiger partial charge in [0, 0.05) is 24.5 Å². The van der Waals surface area contributed by atoms with E-state index in [0.717, 1.165) is 16.8 Å². The minimum atomic E-state index is -4.04. The van der Waals surface area contributed by atoms with Crippen LogP contribution >= 0.6 is 0 Å². The molecule has 190 valence electrons. The van der Waals surface area contributed by atoms with Gasteiger partial charge in [-0.2, -0.15) is 4.72 Å². The Labute approximate surface area is 207 Å². The summed E-state index contributed by atoms with van der Waals surface area (Å²) in [6.45, 7) is 1.84. The lowest BCUT2D eigenvalue weighted by Gasteiger charge is -2.17. The number of ether oxygens (including phenoxy) is 1. The number of rotatable bonds is 11. The number of aromatic nitrogens is 1. The molecule has 12 nitrogen and oxygen atoms in total. The van der Waals surface area contributed by atoms with Crippen molar-refractivity contribution in [3.05, 3.63) is 82.5 Å². The van der Waals surface area contributed by atoms with E-state index in [4.69, 9.17) is 10.5 Å². The molecule has 1 unspecified atom stereocenters. The number of H-pyrrole nitrogens is 1. The molecule has 0 aliphatic heterocycles. The van der Waals surface area contributed by atoms with Crippen LogP contribution in [0.1, 0.15) is 18.4 Å². The molecule has 0 bridgehead atoms. The molecule has 1 heterocycles. The summed E-state index contributed by atoms with van der Waals surface area (Å²) in [5, 5.41) is 9.56. The summed E-state index contributed by atoms with van der Waals surface area (Å²) >= 11 is 0. The first-order chi connectivity index (χ1) is 17.1. The van der Waals surface area contributed by atoms with E-state index >= 15 is 0 Å². The van der Waals surface area contributed by atoms with Gasteiger partial charge in [0.05, 0.1) is 4.90 Å². The molecule has 3 rings (SSSR count). The second-order valence-electron chi connectivity index (χ2n) is 7.80. The van der Waals surface area contributed by atoms with Crippen molar-refractivity contribution in [3.8, 4) is 17.0 Å². The summed E-state index contributed by atoms with van der Waals surface area (Å²) in [6.07, 6.45) is 1.70. The summed E-state index contributed by atoms with van der Waals surface area (Å²) in [7, 11) is -4.04. The van der Waals surface area contributed by atoms with Gasteiger partial charge in [-0.15, -0.1) is 0 Å². The second-order valence-corrected chi connectivity index (χ2v) is 9.52. The molecule has 13 heteroatoms. The first-order valence-electron chi connectivity index (χ1n) is 10.9. The molecule has 0 radical (unpaired) electrons. The zero-order valence-electron chi connectivity index (χ0n) is 19.4. The number of nitrogens with zero attached hydrogens (tertiary/aromatic N) is 2. The molecule has 3 aromatic rings. The van der Waals surface area contributed by atoms with Crippen molar-refractivity contribution >= 4 is 22.0 Å². The monoisotopic (exact) mass is 514 g/mol. The Bertz CT molecular complexity index is 1320. The third-order valence-electron chi connectivity index (χ3n) is 5.01. The van der Waals surface area contributed by atoms with Crippen LogP contribution in [-0.2, 0) is 14.8 Å². The van der Waals surface area contributed by atoms with E-state index < -0.39 is 33.0 Å². The highest BCUT2D eigenvalue weighted by Crippen LogP contribution is 2.23. The Morgan fingerprint density at radius 3 is 2.56 bits per heavy atom. The fraction of sp³-hybridized carbons (Fsp3) is 0.217. The molecule has 2 aromatic carbocycles. The number of carbonyl (C=O) groups is 1. The highest BCUT2D eigenvalue weighted by atomic mass is 32.2. The van der Waals surface area contributed by atoms with Gasteiger partial charge in [-0.25, -0.2) is 28.3 Å². The van der Waals surface area contributed by atoms with Gasteiger partial charge >= 0.3 is 5.97 Å². The fourth-order valence-electron chi connectivity index (χ4n) is 3.23. The molecular weight excluding hydrogens is 488 g/mol. The number of aliphatic imine (C=N–C) groups is 1. The van der Waals surface area contributed by atoms with Crippen molar-refractivity contribution in [1.82, 2.24) is 15.1 Å². The van der Waals surface area contributed by atoms with Gasteiger partial charge in [-0.1, -0.05) is 53.5 Å². The van der Waals surface area contributed by atoms with E-state index in [1.807, 2.05) is 37.3 Å². The van der Waals surface area contributed by atoms with E-state index in [-0.39, 0.29) is 30.0 Å². The summed E-state index contributed by atoms with van der Waals surface area (Å²) in [5.41, 5.74) is 9.58. The average Bonchev–Trinajstić information content (AvgIpc) is 3.30. The predicted molar refractivity (Wildman–Crippen MR) is 133 cm³/mol. The number of hydrogen-bond acceptors (Lipinski definition) is 7. The molecule has 36 heavy (non-hydrogen) atoms. The van der Waals surface area contributed by atoms with Crippen molar-refractivity contribution in [2.24, 2.45) is 10.7 Å². The molecule has 5 N–H and O–H groups in total. The summed E-state index contributed by atoms with van der Waals surface area (Å²) < 4.78 is 33.7. The van der Waals surface area contributed by atoms with Crippen LogP contribution in [0.5, 0.6) is 5.75 Å². The van der Waals surface area contributed by atoms with Crippen LogP contribution in [0.15, 0.2) is 76.7 Å². The van der Waals surface area contributed by atoms with Crippen molar-refractivity contribution in [2.45, 2.75) is 30.7 Å². The first-order valence-corrected chi connectivity index (χ1v) is 12.4. The third kappa shape index (κ3) is 7.65. The zero-order chi connectivity index (χ0) is 26.1. The van der Waals surface area contributed by atoms with E-state index in [1.165, 1.54) is 18.3 Å². The minimum Gasteiger partial charge on any atom is -0.424 e. The van der Waals surface area contributed by atoms with Crippen LogP contribution in [0.3, 0.4) is 0 Å². The lowest BCUT2D eigenvalue weighted by Crippen LogP contribution is -2.43. The van der Waals surface area contributed by atoms with Crippen molar-refractivity contribution in [3.63, 3.8) is 0 Å². The van der Waals surface area contributed by atoms with E-state index in [0.29, 0.717) is 0 Å². The quantitative estimate of drug-likeness (QED) is 0.0749. The van der Waals surface area contributed by atoms with E-state index in [9.17, 15) is 23.3 Å². The Hall–Kier alpha value is -4.23. The number of nitro groups is 1. The number of guanidine groups is 1. The summed E-state index contributed by atoms with van der Waals surface area (Å²) in [5.74, 6) is -0.999. The van der Waals surface area contributed by atoms with Gasteiger partial charge in [0.15, 0.2) is 5.03 Å². The topological polar surface area (TPSA) is 182 Å². The Balaban J connectivity index is 1.73.